The molecule has 174 valence electrons. The zero-order valence-corrected chi connectivity index (χ0v) is 18.3. The summed E-state index contributed by atoms with van der Waals surface area (Å²) in [7, 11) is 1.64. The minimum atomic E-state index is -4.98. The fourth-order valence-electron chi connectivity index (χ4n) is 3.99. The minimum Gasteiger partial charge on any atom is -0.330 e. The second-order valence-corrected chi connectivity index (χ2v) is 8.32. The highest BCUT2D eigenvalue weighted by atomic mass is 35.5. The highest BCUT2D eigenvalue weighted by molar-refractivity contribution is 6.29. The van der Waals surface area contributed by atoms with Gasteiger partial charge in [-0.05, 0) is 37.9 Å². The van der Waals surface area contributed by atoms with E-state index >= 15 is 0 Å². The number of carbonyl (C=O) groups is 2. The van der Waals surface area contributed by atoms with Gasteiger partial charge in [0.25, 0.3) is 0 Å². The number of nitrogens with zero attached hydrogens (tertiary/aromatic N) is 1. The van der Waals surface area contributed by atoms with Crippen molar-refractivity contribution in [3.8, 4) is 0 Å². The van der Waals surface area contributed by atoms with Crippen LogP contribution in [0.25, 0.3) is 5.57 Å². The predicted molar refractivity (Wildman–Crippen MR) is 114 cm³/mol. The number of hydrogen-bond donors (Lipinski definition) is 2. The Hall–Kier alpha value is -2.36. The number of rotatable bonds is 6. The van der Waals surface area contributed by atoms with Gasteiger partial charge in [0.2, 0.25) is 11.8 Å². The summed E-state index contributed by atoms with van der Waals surface area (Å²) in [5.74, 6) is -0.661. The molecule has 1 aliphatic heterocycles. The molecule has 1 aromatic carbocycles. The van der Waals surface area contributed by atoms with Gasteiger partial charge in [-0.25, -0.2) is 0 Å². The number of amides is 2. The summed E-state index contributed by atoms with van der Waals surface area (Å²) in [6.45, 7) is 0.548. The number of halogens is 4. The number of piperidine rings is 1. The topological polar surface area (TPSA) is 70.7 Å². The van der Waals surface area contributed by atoms with Crippen LogP contribution < -0.4 is 10.6 Å². The molecule has 0 saturated carbocycles. The molecule has 0 aromatic heterocycles. The maximum absolute atomic E-state index is 13.2. The van der Waals surface area contributed by atoms with E-state index in [0.29, 0.717) is 18.5 Å². The van der Waals surface area contributed by atoms with Gasteiger partial charge < -0.3 is 15.5 Å². The molecule has 2 amide bonds. The van der Waals surface area contributed by atoms with Crippen LogP contribution in [0.4, 0.5) is 13.2 Å². The van der Waals surface area contributed by atoms with Gasteiger partial charge in [-0.3, -0.25) is 14.3 Å². The number of likely N-dealkylation sites (N-methyl/N-ethyl adjacent to an activating group) is 1. The number of nitrogens with one attached hydrogen (secondary N) is 2. The van der Waals surface area contributed by atoms with E-state index in [1.807, 2.05) is 0 Å². The van der Waals surface area contributed by atoms with Gasteiger partial charge in [-0.15, -0.1) is 13.2 Å². The lowest BCUT2D eigenvalue weighted by Gasteiger charge is -2.37. The summed E-state index contributed by atoms with van der Waals surface area (Å²) in [6.07, 6.45) is -0.421. The molecule has 1 heterocycles. The van der Waals surface area contributed by atoms with Gasteiger partial charge >= 0.3 is 6.36 Å². The summed E-state index contributed by atoms with van der Waals surface area (Å²) >= 11 is 6.37. The summed E-state index contributed by atoms with van der Waals surface area (Å²) < 4.78 is 43.8. The monoisotopic (exact) mass is 471 g/mol. The van der Waals surface area contributed by atoms with E-state index in [2.05, 4.69) is 15.4 Å². The van der Waals surface area contributed by atoms with Gasteiger partial charge in [0.1, 0.15) is 6.04 Å². The van der Waals surface area contributed by atoms with Crippen LogP contribution in [0.1, 0.15) is 31.2 Å². The summed E-state index contributed by atoms with van der Waals surface area (Å²) in [4.78, 5) is 26.8. The van der Waals surface area contributed by atoms with E-state index in [4.69, 9.17) is 11.6 Å². The lowest BCUT2D eigenvalue weighted by molar-refractivity contribution is -0.342. The van der Waals surface area contributed by atoms with E-state index in [9.17, 15) is 22.8 Å². The second-order valence-electron chi connectivity index (χ2n) is 7.71. The maximum atomic E-state index is 13.2. The fourth-order valence-corrected chi connectivity index (χ4v) is 4.40. The molecule has 1 aliphatic carbocycles. The first kappa shape index (κ1) is 24.3. The van der Waals surface area contributed by atoms with Crippen LogP contribution in [-0.2, 0) is 14.3 Å². The molecule has 0 radical (unpaired) electrons. The SMILES string of the molecule is CNCC(=O)N1CCCCC1C(=O)NC1=CC=C(c2ccccc2)C(Cl)(OC(F)(F)F)C1. The lowest BCUT2D eigenvalue weighted by atomic mass is 9.92. The van der Waals surface area contributed by atoms with Gasteiger partial charge in [-0.2, -0.15) is 0 Å². The van der Waals surface area contributed by atoms with E-state index in [-0.39, 0.29) is 23.7 Å². The fraction of sp³-hybridized carbons (Fsp3) is 0.455. The first-order valence-corrected chi connectivity index (χ1v) is 10.7. The number of hydrogen-bond acceptors (Lipinski definition) is 4. The third kappa shape index (κ3) is 5.90. The first-order chi connectivity index (χ1) is 15.1. The highest BCUT2D eigenvalue weighted by Gasteiger charge is 2.47. The normalized spacial score (nSPS) is 23.9. The number of carbonyl (C=O) groups excluding carboxylic acids is 2. The quantitative estimate of drug-likeness (QED) is 0.623. The number of allylic oxidation sites excluding steroid dienone is 2. The van der Waals surface area contributed by atoms with Crippen molar-refractivity contribution in [3.05, 3.63) is 53.7 Å². The molecule has 2 N–H and O–H groups in total. The zero-order chi connectivity index (χ0) is 23.4. The summed E-state index contributed by atoms with van der Waals surface area (Å²) in [6, 6.07) is 7.67. The van der Waals surface area contributed by atoms with E-state index in [1.165, 1.54) is 17.1 Å². The molecule has 0 bridgehead atoms. The molecule has 2 unspecified atom stereocenters. The van der Waals surface area contributed by atoms with Crippen molar-refractivity contribution >= 4 is 29.0 Å². The predicted octanol–water partition coefficient (Wildman–Crippen LogP) is 3.55. The van der Waals surface area contributed by atoms with Gasteiger partial charge in [0.15, 0.2) is 5.06 Å². The van der Waals surface area contributed by atoms with Crippen LogP contribution >= 0.6 is 11.6 Å². The standard InChI is InChI=1S/C22H25ClF3N3O3/c1-27-14-19(30)29-12-6-5-9-18(29)20(31)28-16-10-11-17(15-7-3-2-4-8-15)21(23,13-16)32-22(24,25)26/h2-4,7-8,10-11,18,27H,5-6,9,12-14H2,1H3,(H,28,31). The van der Waals surface area contributed by atoms with Crippen LogP contribution in [0.15, 0.2) is 48.2 Å². The largest absolute Gasteiger partial charge is 0.524 e. The molecule has 1 aromatic rings. The smallest absolute Gasteiger partial charge is 0.330 e. The Labute approximate surface area is 189 Å². The van der Waals surface area contributed by atoms with Crippen LogP contribution in [0.2, 0.25) is 0 Å². The van der Waals surface area contributed by atoms with Crippen molar-refractivity contribution < 1.29 is 27.5 Å². The third-order valence-corrected chi connectivity index (χ3v) is 5.79. The molecule has 10 heteroatoms. The number of likely N-dealkylation sites (tertiary alicyclic amines) is 1. The van der Waals surface area contributed by atoms with Crippen molar-refractivity contribution in [3.63, 3.8) is 0 Å². The molecule has 0 spiro atoms. The Bertz CT molecular complexity index is 905. The van der Waals surface area contributed by atoms with E-state index < -0.39 is 29.8 Å². The molecular formula is C22H25ClF3N3O3. The maximum Gasteiger partial charge on any atom is 0.524 e. The molecule has 2 atom stereocenters. The third-order valence-electron chi connectivity index (χ3n) is 5.37. The average molecular weight is 472 g/mol. The van der Waals surface area contributed by atoms with Crippen molar-refractivity contribution in [1.29, 1.82) is 0 Å². The van der Waals surface area contributed by atoms with Crippen molar-refractivity contribution in [1.82, 2.24) is 15.5 Å². The Morgan fingerprint density at radius 3 is 2.59 bits per heavy atom. The van der Waals surface area contributed by atoms with Crippen molar-refractivity contribution in [2.75, 3.05) is 20.1 Å². The minimum absolute atomic E-state index is 0.0971. The number of ether oxygens (including phenoxy) is 1. The van der Waals surface area contributed by atoms with Gasteiger partial charge in [-0.1, -0.05) is 48.0 Å². The molecule has 6 nitrogen and oxygen atoms in total. The lowest BCUT2D eigenvalue weighted by Crippen LogP contribution is -2.53. The van der Waals surface area contributed by atoms with Crippen molar-refractivity contribution in [2.45, 2.75) is 43.1 Å². The summed E-state index contributed by atoms with van der Waals surface area (Å²) in [5.41, 5.74) is 0.795. The first-order valence-electron chi connectivity index (χ1n) is 10.3. The van der Waals surface area contributed by atoms with Gasteiger partial charge in [0.05, 0.1) is 6.54 Å². The average Bonchev–Trinajstić information content (AvgIpc) is 2.73. The Morgan fingerprint density at radius 1 is 1.22 bits per heavy atom. The van der Waals surface area contributed by atoms with Gasteiger partial charge in [0, 0.05) is 24.2 Å². The van der Waals surface area contributed by atoms with E-state index in [1.54, 1.807) is 37.4 Å². The number of alkyl halides is 4. The molecular weight excluding hydrogens is 447 g/mol. The Kier molecular flexibility index (Phi) is 7.63. The van der Waals surface area contributed by atoms with Crippen LogP contribution in [-0.4, -0.2) is 54.3 Å². The molecule has 3 rings (SSSR count). The summed E-state index contributed by atoms with van der Waals surface area (Å²) in [5, 5.41) is 3.19. The molecule has 2 aliphatic rings. The molecule has 1 fully saturated rings. The zero-order valence-electron chi connectivity index (χ0n) is 17.5. The van der Waals surface area contributed by atoms with Crippen molar-refractivity contribution in [2.24, 2.45) is 0 Å². The van der Waals surface area contributed by atoms with Crippen LogP contribution in [0.5, 0.6) is 0 Å². The Balaban J connectivity index is 1.83. The second kappa shape index (κ2) is 10.1. The highest BCUT2D eigenvalue weighted by Crippen LogP contribution is 2.45. The van der Waals surface area contributed by atoms with E-state index in [0.717, 1.165) is 12.8 Å². The number of benzene rings is 1. The molecule has 32 heavy (non-hydrogen) atoms. The van der Waals surface area contributed by atoms with Crippen LogP contribution in [0, 0.1) is 0 Å². The Morgan fingerprint density at radius 2 is 1.94 bits per heavy atom. The molecule has 1 saturated heterocycles. The van der Waals surface area contributed by atoms with Crippen LogP contribution in [0.3, 0.4) is 0 Å².